The van der Waals surface area contributed by atoms with E-state index >= 15 is 0 Å². The molecule has 2 rings (SSSR count). The third-order valence-electron chi connectivity index (χ3n) is 3.76. The molecule has 0 saturated carbocycles. The summed E-state index contributed by atoms with van der Waals surface area (Å²) < 4.78 is 32.0. The van der Waals surface area contributed by atoms with Crippen molar-refractivity contribution >= 4 is 10.0 Å². The first kappa shape index (κ1) is 15.1. The number of hydrogen-bond acceptors (Lipinski definition) is 4. The zero-order valence-corrected chi connectivity index (χ0v) is 12.9. The summed E-state index contributed by atoms with van der Waals surface area (Å²) in [4.78, 5) is 0. The van der Waals surface area contributed by atoms with Gasteiger partial charge in [0, 0.05) is 12.1 Å². The van der Waals surface area contributed by atoms with Crippen molar-refractivity contribution in [3.63, 3.8) is 0 Å². The summed E-state index contributed by atoms with van der Waals surface area (Å²) in [5, 5.41) is 8.62. The topological polar surface area (TPSA) is 74.3 Å². The van der Waals surface area contributed by atoms with Crippen LogP contribution in [0.4, 0.5) is 0 Å². The Morgan fingerprint density at radius 1 is 1.50 bits per heavy atom. The van der Waals surface area contributed by atoms with Gasteiger partial charge in [-0.15, -0.1) is 0 Å². The third kappa shape index (κ3) is 2.60. The fourth-order valence-electron chi connectivity index (χ4n) is 3.12. The standard InChI is InChI=1S/C14H20N2O3S/c1-11(2)9-14(3)7-4-8-16(14)20(17,18)13-6-5-12(10-15)19-13/h5-6,11H,4,7-9H2,1-3H3. The predicted molar refractivity (Wildman–Crippen MR) is 74.4 cm³/mol. The van der Waals surface area contributed by atoms with E-state index in [1.807, 2.05) is 13.0 Å². The Hall–Kier alpha value is -1.32. The van der Waals surface area contributed by atoms with E-state index in [-0.39, 0.29) is 16.4 Å². The van der Waals surface area contributed by atoms with Gasteiger partial charge in [-0.25, -0.2) is 8.42 Å². The quantitative estimate of drug-likeness (QED) is 0.856. The number of rotatable bonds is 4. The second kappa shape index (κ2) is 5.23. The summed E-state index contributed by atoms with van der Waals surface area (Å²) in [6.07, 6.45) is 2.53. The Bertz CT molecular complexity index is 627. The van der Waals surface area contributed by atoms with Gasteiger partial charge in [0.2, 0.25) is 10.9 Å². The van der Waals surface area contributed by atoms with Gasteiger partial charge in [0.15, 0.2) is 0 Å². The summed E-state index contributed by atoms with van der Waals surface area (Å²) >= 11 is 0. The second-order valence-electron chi connectivity index (χ2n) is 6.01. The van der Waals surface area contributed by atoms with Gasteiger partial charge in [0.1, 0.15) is 6.07 Å². The minimum absolute atomic E-state index is 0.0216. The molecule has 1 saturated heterocycles. The van der Waals surface area contributed by atoms with Crippen LogP contribution in [0, 0.1) is 17.2 Å². The normalized spacial score (nSPS) is 24.1. The monoisotopic (exact) mass is 296 g/mol. The van der Waals surface area contributed by atoms with E-state index in [1.54, 1.807) is 4.31 Å². The molecule has 1 aromatic heterocycles. The van der Waals surface area contributed by atoms with Crippen molar-refractivity contribution in [2.75, 3.05) is 6.54 Å². The molecule has 0 aromatic carbocycles. The highest BCUT2D eigenvalue weighted by molar-refractivity contribution is 7.89. The molecule has 1 atom stereocenters. The average Bonchev–Trinajstić information content (AvgIpc) is 2.94. The summed E-state index contributed by atoms with van der Waals surface area (Å²) in [5.74, 6) is 0.440. The summed E-state index contributed by atoms with van der Waals surface area (Å²) in [6.45, 7) is 6.68. The maximum absolute atomic E-state index is 12.7. The van der Waals surface area contributed by atoms with Crippen LogP contribution in [-0.4, -0.2) is 24.8 Å². The van der Waals surface area contributed by atoms with Gasteiger partial charge >= 0.3 is 0 Å². The number of nitriles is 1. The SMILES string of the molecule is CC(C)CC1(C)CCCN1S(=O)(=O)c1ccc(C#N)o1. The molecule has 6 heteroatoms. The van der Waals surface area contributed by atoms with Crippen LogP contribution in [0.5, 0.6) is 0 Å². The van der Waals surface area contributed by atoms with Gasteiger partial charge < -0.3 is 4.42 Å². The zero-order valence-electron chi connectivity index (χ0n) is 12.1. The Labute approximate surface area is 120 Å². The Morgan fingerprint density at radius 2 is 2.20 bits per heavy atom. The highest BCUT2D eigenvalue weighted by atomic mass is 32.2. The first-order chi connectivity index (χ1) is 9.29. The van der Waals surface area contributed by atoms with Gasteiger partial charge in [-0.05, 0) is 44.2 Å². The smallest absolute Gasteiger partial charge is 0.277 e. The Balaban J connectivity index is 2.36. The maximum atomic E-state index is 12.7. The highest BCUT2D eigenvalue weighted by Gasteiger charge is 2.45. The molecule has 5 nitrogen and oxygen atoms in total. The molecule has 0 radical (unpaired) electrons. The van der Waals surface area contributed by atoms with Crippen LogP contribution in [0.1, 0.15) is 45.8 Å². The van der Waals surface area contributed by atoms with Gasteiger partial charge in [0.05, 0.1) is 0 Å². The molecular weight excluding hydrogens is 276 g/mol. The van der Waals surface area contributed by atoms with Crippen LogP contribution in [0.3, 0.4) is 0 Å². The minimum atomic E-state index is -3.67. The van der Waals surface area contributed by atoms with Crippen molar-refractivity contribution in [2.45, 2.75) is 50.7 Å². The molecular formula is C14H20N2O3S. The lowest BCUT2D eigenvalue weighted by Crippen LogP contribution is -2.45. The van der Waals surface area contributed by atoms with E-state index in [0.717, 1.165) is 19.3 Å². The molecule has 0 N–H and O–H groups in total. The first-order valence-corrected chi connectivity index (χ1v) is 8.26. The fraction of sp³-hybridized carbons (Fsp3) is 0.643. The lowest BCUT2D eigenvalue weighted by molar-refractivity contribution is 0.217. The van der Waals surface area contributed by atoms with Crippen molar-refractivity contribution in [3.05, 3.63) is 17.9 Å². The lowest BCUT2D eigenvalue weighted by atomic mass is 9.89. The lowest BCUT2D eigenvalue weighted by Gasteiger charge is -2.35. The number of nitrogens with zero attached hydrogens (tertiary/aromatic N) is 2. The highest BCUT2D eigenvalue weighted by Crippen LogP contribution is 2.38. The number of sulfonamides is 1. The Morgan fingerprint density at radius 3 is 2.75 bits per heavy atom. The van der Waals surface area contributed by atoms with Crippen LogP contribution in [0.25, 0.3) is 0 Å². The average molecular weight is 296 g/mol. The fourth-order valence-corrected chi connectivity index (χ4v) is 4.89. The third-order valence-corrected chi connectivity index (χ3v) is 5.69. The van der Waals surface area contributed by atoms with E-state index in [1.165, 1.54) is 12.1 Å². The van der Waals surface area contributed by atoms with Crippen molar-refractivity contribution in [1.29, 1.82) is 5.26 Å². The van der Waals surface area contributed by atoms with E-state index in [4.69, 9.17) is 9.68 Å². The molecule has 0 amide bonds. The number of hydrogen-bond donors (Lipinski definition) is 0. The van der Waals surface area contributed by atoms with Crippen LogP contribution in [0.2, 0.25) is 0 Å². The molecule has 110 valence electrons. The van der Waals surface area contributed by atoms with E-state index < -0.39 is 10.0 Å². The van der Waals surface area contributed by atoms with Crippen LogP contribution in [-0.2, 0) is 10.0 Å². The van der Waals surface area contributed by atoms with Crippen LogP contribution >= 0.6 is 0 Å². The molecule has 0 bridgehead atoms. The molecule has 2 heterocycles. The van der Waals surface area contributed by atoms with Crippen molar-refractivity contribution < 1.29 is 12.8 Å². The molecule has 1 aliphatic heterocycles. The largest absolute Gasteiger partial charge is 0.433 e. The van der Waals surface area contributed by atoms with Crippen molar-refractivity contribution in [1.82, 2.24) is 4.31 Å². The van der Waals surface area contributed by atoms with E-state index in [2.05, 4.69) is 13.8 Å². The van der Waals surface area contributed by atoms with Gasteiger partial charge in [-0.3, -0.25) is 0 Å². The van der Waals surface area contributed by atoms with E-state index in [0.29, 0.717) is 12.5 Å². The van der Waals surface area contributed by atoms with Gasteiger partial charge in [-0.1, -0.05) is 13.8 Å². The van der Waals surface area contributed by atoms with Crippen molar-refractivity contribution in [3.8, 4) is 6.07 Å². The van der Waals surface area contributed by atoms with Crippen LogP contribution in [0.15, 0.2) is 21.6 Å². The summed E-state index contributed by atoms with van der Waals surface area (Å²) in [7, 11) is -3.67. The molecule has 0 spiro atoms. The second-order valence-corrected chi connectivity index (χ2v) is 7.80. The van der Waals surface area contributed by atoms with Gasteiger partial charge in [0.25, 0.3) is 10.0 Å². The van der Waals surface area contributed by atoms with Crippen LogP contribution < -0.4 is 0 Å². The number of furan rings is 1. The summed E-state index contributed by atoms with van der Waals surface area (Å²) in [6, 6.07) is 4.57. The first-order valence-electron chi connectivity index (χ1n) is 6.82. The predicted octanol–water partition coefficient (Wildman–Crippen LogP) is 2.74. The molecule has 1 unspecified atom stereocenters. The minimum Gasteiger partial charge on any atom is -0.433 e. The summed E-state index contributed by atoms with van der Waals surface area (Å²) in [5.41, 5.74) is -0.368. The van der Waals surface area contributed by atoms with Gasteiger partial charge in [-0.2, -0.15) is 9.57 Å². The molecule has 20 heavy (non-hydrogen) atoms. The molecule has 0 aliphatic carbocycles. The molecule has 1 aromatic rings. The molecule has 1 fully saturated rings. The zero-order chi connectivity index (χ0) is 15.0. The van der Waals surface area contributed by atoms with E-state index in [9.17, 15) is 8.42 Å². The Kier molecular flexibility index (Phi) is 3.94. The van der Waals surface area contributed by atoms with Crippen molar-refractivity contribution in [2.24, 2.45) is 5.92 Å². The molecule has 1 aliphatic rings. The maximum Gasteiger partial charge on any atom is 0.277 e.